The molecule has 0 unspecified atom stereocenters. The second kappa shape index (κ2) is 10.2. The van der Waals surface area contributed by atoms with Crippen LogP contribution in [-0.4, -0.2) is 41.7 Å². The van der Waals surface area contributed by atoms with Crippen LogP contribution in [0.25, 0.3) is 56.0 Å². The van der Waals surface area contributed by atoms with E-state index in [1.54, 1.807) is 42.9 Å². The molecule has 5 aromatic heterocycles. The number of benzene rings is 1. The number of aromatic nitrogens is 7. The normalized spacial score (nSPS) is 14.1. The van der Waals surface area contributed by atoms with Gasteiger partial charge in [-0.15, -0.1) is 0 Å². The van der Waals surface area contributed by atoms with Crippen LogP contribution in [0, 0.1) is 17.6 Å². The first-order valence-electron chi connectivity index (χ1n) is 13.4. The lowest BCUT2D eigenvalue weighted by Gasteiger charge is -2.11. The summed E-state index contributed by atoms with van der Waals surface area (Å²) in [6.07, 6.45) is 11.7. The van der Waals surface area contributed by atoms with Crippen LogP contribution >= 0.6 is 0 Å². The molecule has 0 bridgehead atoms. The Morgan fingerprint density at radius 3 is 2.70 bits per heavy atom. The molecule has 0 radical (unpaired) electrons. The number of nitrogens with zero attached hydrogens (tertiary/aromatic N) is 5. The van der Waals surface area contributed by atoms with Crippen LogP contribution in [0.15, 0.2) is 61.2 Å². The molecule has 5 heterocycles. The van der Waals surface area contributed by atoms with Crippen LogP contribution in [0.3, 0.4) is 0 Å². The van der Waals surface area contributed by atoms with Gasteiger partial charge < -0.3 is 10.3 Å². The lowest BCUT2D eigenvalue weighted by atomic mass is 10.0. The zero-order chi connectivity index (χ0) is 27.1. The number of rotatable bonds is 7. The number of aromatic amines is 2. The summed E-state index contributed by atoms with van der Waals surface area (Å²) in [7, 11) is 0. The van der Waals surface area contributed by atoms with Crippen molar-refractivity contribution in [1.29, 1.82) is 0 Å². The second-order valence-corrected chi connectivity index (χ2v) is 10.3. The van der Waals surface area contributed by atoms with Gasteiger partial charge in [0.25, 0.3) is 0 Å². The van der Waals surface area contributed by atoms with E-state index in [1.807, 2.05) is 6.07 Å². The van der Waals surface area contributed by atoms with Gasteiger partial charge in [-0.3, -0.25) is 15.1 Å². The van der Waals surface area contributed by atoms with Crippen molar-refractivity contribution in [1.82, 2.24) is 40.4 Å². The molecule has 0 amide bonds. The molecule has 3 N–H and O–H groups in total. The van der Waals surface area contributed by atoms with Gasteiger partial charge in [-0.25, -0.2) is 18.7 Å². The largest absolute Gasteiger partial charge is 0.336 e. The van der Waals surface area contributed by atoms with Gasteiger partial charge in [0.1, 0.15) is 28.5 Å². The van der Waals surface area contributed by atoms with E-state index in [-0.39, 0.29) is 11.1 Å². The van der Waals surface area contributed by atoms with E-state index in [0.717, 1.165) is 18.0 Å². The Hall–Kier alpha value is -4.57. The highest BCUT2D eigenvalue weighted by Crippen LogP contribution is 2.34. The molecular weight excluding hydrogens is 510 g/mol. The number of H-pyrrole nitrogens is 2. The molecule has 1 aromatic carbocycles. The summed E-state index contributed by atoms with van der Waals surface area (Å²) >= 11 is 0. The minimum absolute atomic E-state index is 0.210. The quantitative estimate of drug-likeness (QED) is 0.225. The SMILES string of the molecule is Fc1ccccc1-c1nccc2[nH]c(-c3n[nH]c4ncc(-c5cncc(CNCC6CCCC6)c5)c(F)c34)nc12. The molecule has 0 spiro atoms. The lowest BCUT2D eigenvalue weighted by Crippen LogP contribution is -2.20. The highest BCUT2D eigenvalue weighted by Gasteiger charge is 2.22. The number of nitrogens with one attached hydrogen (secondary N) is 3. The molecular formula is C30H26F2N8. The molecule has 1 aliphatic carbocycles. The monoisotopic (exact) mass is 536 g/mol. The maximum absolute atomic E-state index is 16.1. The fourth-order valence-electron chi connectivity index (χ4n) is 5.59. The van der Waals surface area contributed by atoms with E-state index < -0.39 is 11.6 Å². The Balaban J connectivity index is 1.24. The maximum atomic E-state index is 16.1. The average molecular weight is 537 g/mol. The van der Waals surface area contributed by atoms with Crippen LogP contribution in [-0.2, 0) is 6.54 Å². The molecule has 1 saturated carbocycles. The number of imidazole rings is 1. The summed E-state index contributed by atoms with van der Waals surface area (Å²) in [6.45, 7) is 1.65. The summed E-state index contributed by atoms with van der Waals surface area (Å²) in [5.41, 5.74) is 4.33. The Morgan fingerprint density at radius 2 is 1.82 bits per heavy atom. The van der Waals surface area contributed by atoms with Crippen molar-refractivity contribution in [2.75, 3.05) is 6.54 Å². The minimum Gasteiger partial charge on any atom is -0.336 e. The van der Waals surface area contributed by atoms with Gasteiger partial charge in [-0.1, -0.05) is 25.0 Å². The van der Waals surface area contributed by atoms with Crippen molar-refractivity contribution < 1.29 is 8.78 Å². The molecule has 40 heavy (non-hydrogen) atoms. The summed E-state index contributed by atoms with van der Waals surface area (Å²) in [4.78, 5) is 21.0. The van der Waals surface area contributed by atoms with Crippen LogP contribution in [0.4, 0.5) is 8.78 Å². The van der Waals surface area contributed by atoms with Crippen LogP contribution < -0.4 is 5.32 Å². The number of halogens is 2. The van der Waals surface area contributed by atoms with Gasteiger partial charge in [-0.2, -0.15) is 5.10 Å². The van der Waals surface area contributed by atoms with E-state index in [2.05, 4.69) is 40.4 Å². The molecule has 1 fully saturated rings. The third-order valence-electron chi connectivity index (χ3n) is 7.62. The average Bonchev–Trinajstić information content (AvgIpc) is 3.73. The van der Waals surface area contributed by atoms with Crippen molar-refractivity contribution in [3.63, 3.8) is 0 Å². The van der Waals surface area contributed by atoms with Crippen molar-refractivity contribution in [2.45, 2.75) is 32.2 Å². The summed E-state index contributed by atoms with van der Waals surface area (Å²) in [5.74, 6) is 0.186. The Kier molecular flexibility index (Phi) is 6.24. The highest BCUT2D eigenvalue weighted by molar-refractivity contribution is 5.96. The molecule has 200 valence electrons. The molecule has 0 saturated heterocycles. The van der Waals surface area contributed by atoms with Gasteiger partial charge in [0.2, 0.25) is 0 Å². The third-order valence-corrected chi connectivity index (χ3v) is 7.62. The van der Waals surface area contributed by atoms with Crippen molar-refractivity contribution in [3.05, 3.63) is 78.4 Å². The van der Waals surface area contributed by atoms with Crippen LogP contribution in [0.2, 0.25) is 0 Å². The topological polar surface area (TPSA) is 108 Å². The number of hydrogen-bond donors (Lipinski definition) is 3. The van der Waals surface area contributed by atoms with Crippen molar-refractivity contribution in [3.8, 4) is 33.9 Å². The molecule has 6 aromatic rings. The second-order valence-electron chi connectivity index (χ2n) is 10.3. The minimum atomic E-state index is -0.473. The van der Waals surface area contributed by atoms with Crippen molar-refractivity contribution in [2.24, 2.45) is 5.92 Å². The predicted molar refractivity (Wildman–Crippen MR) is 149 cm³/mol. The zero-order valence-corrected chi connectivity index (χ0v) is 21.6. The first kappa shape index (κ1) is 24.5. The van der Waals surface area contributed by atoms with Crippen LogP contribution in [0.5, 0.6) is 0 Å². The predicted octanol–water partition coefficient (Wildman–Crippen LogP) is 6.18. The molecule has 8 nitrogen and oxygen atoms in total. The molecule has 1 aliphatic rings. The molecule has 10 heteroatoms. The van der Waals surface area contributed by atoms with E-state index in [1.165, 1.54) is 37.9 Å². The Morgan fingerprint density at radius 1 is 0.950 bits per heavy atom. The van der Waals surface area contributed by atoms with Gasteiger partial charge in [0.05, 0.1) is 10.9 Å². The Labute approximate surface area is 228 Å². The number of pyridine rings is 3. The van der Waals surface area contributed by atoms with Crippen LogP contribution in [0.1, 0.15) is 31.2 Å². The number of fused-ring (bicyclic) bond motifs is 2. The van der Waals surface area contributed by atoms with E-state index >= 15 is 4.39 Å². The maximum Gasteiger partial charge on any atom is 0.159 e. The Bertz CT molecular complexity index is 1840. The van der Waals surface area contributed by atoms with Crippen molar-refractivity contribution >= 4 is 22.1 Å². The smallest absolute Gasteiger partial charge is 0.159 e. The first-order valence-corrected chi connectivity index (χ1v) is 13.4. The summed E-state index contributed by atoms with van der Waals surface area (Å²) in [6, 6.07) is 10.1. The van der Waals surface area contributed by atoms with E-state index in [4.69, 9.17) is 0 Å². The molecule has 7 rings (SSSR count). The van der Waals surface area contributed by atoms with E-state index in [0.29, 0.717) is 51.4 Å². The molecule has 0 aliphatic heterocycles. The fraction of sp³-hybridized carbons (Fsp3) is 0.233. The lowest BCUT2D eigenvalue weighted by molar-refractivity contribution is 0.489. The standard InChI is InChI=1S/C30H26F2N8/c31-22-8-4-3-7-20(22)26-27-23(9-10-35-26)37-30(38-27)28-24-25(32)21(16-36-29(24)40-39-28)19-11-18(14-34-15-19)13-33-12-17-5-1-2-6-17/h3-4,7-11,14-17,33H,1-2,5-6,12-13H2,(H,37,38)(H,36,39,40). The number of hydrogen-bond acceptors (Lipinski definition) is 6. The highest BCUT2D eigenvalue weighted by atomic mass is 19.1. The van der Waals surface area contributed by atoms with Gasteiger partial charge in [0.15, 0.2) is 11.5 Å². The van der Waals surface area contributed by atoms with Gasteiger partial charge in [-0.05, 0) is 55.1 Å². The van der Waals surface area contributed by atoms with E-state index in [9.17, 15) is 4.39 Å². The third kappa shape index (κ3) is 4.40. The van der Waals surface area contributed by atoms with Gasteiger partial charge in [0, 0.05) is 48.0 Å². The first-order chi connectivity index (χ1) is 19.7. The zero-order valence-electron chi connectivity index (χ0n) is 21.6. The van der Waals surface area contributed by atoms with Gasteiger partial charge >= 0.3 is 0 Å². The summed E-state index contributed by atoms with van der Waals surface area (Å²) < 4.78 is 30.7. The fourth-order valence-corrected chi connectivity index (χ4v) is 5.59. The summed E-state index contributed by atoms with van der Waals surface area (Å²) in [5, 5.41) is 10.9. The molecule has 0 atom stereocenters.